The molecule has 0 saturated heterocycles. The van der Waals surface area contributed by atoms with Crippen molar-refractivity contribution in [3.05, 3.63) is 46.6 Å². The van der Waals surface area contributed by atoms with Gasteiger partial charge in [-0.1, -0.05) is 24.3 Å². The van der Waals surface area contributed by atoms with Crippen LogP contribution in [0, 0.1) is 0 Å². The Labute approximate surface area is 102 Å². The molecule has 17 heavy (non-hydrogen) atoms. The molecule has 0 aromatic rings. The third-order valence-corrected chi connectivity index (χ3v) is 2.84. The topological polar surface area (TPSA) is 55.5 Å². The van der Waals surface area contributed by atoms with Gasteiger partial charge in [-0.2, -0.15) is 0 Å². The van der Waals surface area contributed by atoms with Crippen molar-refractivity contribution in [2.24, 2.45) is 10.7 Å². The van der Waals surface area contributed by atoms with Gasteiger partial charge in [-0.25, -0.2) is 0 Å². The number of nitrogens with zero attached hydrogens (tertiary/aromatic N) is 1. The Morgan fingerprint density at radius 3 is 2.41 bits per heavy atom. The van der Waals surface area contributed by atoms with Gasteiger partial charge in [0.15, 0.2) is 0 Å². The molecule has 0 radical (unpaired) electrons. The molecule has 0 aromatic heterocycles. The summed E-state index contributed by atoms with van der Waals surface area (Å²) in [5.74, 6) is -0.411. The Balaban J connectivity index is 3.38. The minimum atomic E-state index is -0.411. The number of rotatable bonds is 2. The average molecular weight is 230 g/mol. The molecule has 1 rings (SSSR count). The van der Waals surface area contributed by atoms with E-state index in [-0.39, 0.29) is 0 Å². The number of primary amides is 1. The number of allylic oxidation sites excluding steroid dienone is 6. The fourth-order valence-corrected chi connectivity index (χ4v) is 1.97. The SMILES string of the molecule is C/C=C1/C=CC(/C(=C\C)C(N)=O)=C(C)C1=NC. The van der Waals surface area contributed by atoms with Crippen LogP contribution in [0.15, 0.2) is 51.6 Å². The van der Waals surface area contributed by atoms with E-state index in [0.717, 1.165) is 22.4 Å². The van der Waals surface area contributed by atoms with E-state index in [4.69, 9.17) is 5.73 Å². The lowest BCUT2D eigenvalue weighted by Crippen LogP contribution is -2.19. The molecule has 0 spiro atoms. The van der Waals surface area contributed by atoms with Crippen molar-refractivity contribution in [2.45, 2.75) is 20.8 Å². The molecule has 3 nitrogen and oxygen atoms in total. The first-order valence-corrected chi connectivity index (χ1v) is 5.56. The van der Waals surface area contributed by atoms with Crippen molar-refractivity contribution in [1.29, 1.82) is 0 Å². The van der Waals surface area contributed by atoms with Crippen LogP contribution < -0.4 is 5.73 Å². The summed E-state index contributed by atoms with van der Waals surface area (Å²) in [6.45, 7) is 5.73. The monoisotopic (exact) mass is 230 g/mol. The zero-order valence-corrected chi connectivity index (χ0v) is 10.7. The summed E-state index contributed by atoms with van der Waals surface area (Å²) < 4.78 is 0. The van der Waals surface area contributed by atoms with Crippen LogP contribution in [0.1, 0.15) is 20.8 Å². The molecule has 0 unspecified atom stereocenters. The molecule has 1 amide bonds. The van der Waals surface area contributed by atoms with Gasteiger partial charge in [0, 0.05) is 12.6 Å². The highest BCUT2D eigenvalue weighted by molar-refractivity contribution is 6.17. The summed E-state index contributed by atoms with van der Waals surface area (Å²) in [5, 5.41) is 0. The fraction of sp³-hybridized carbons (Fsp3) is 0.286. The van der Waals surface area contributed by atoms with Gasteiger partial charge in [-0.15, -0.1) is 0 Å². The number of carbonyl (C=O) groups is 1. The largest absolute Gasteiger partial charge is 0.366 e. The summed E-state index contributed by atoms with van der Waals surface area (Å²) in [5.41, 5.74) is 9.71. The van der Waals surface area contributed by atoms with E-state index in [2.05, 4.69) is 4.99 Å². The van der Waals surface area contributed by atoms with E-state index in [0.29, 0.717) is 5.57 Å². The number of amides is 1. The predicted octanol–water partition coefficient (Wildman–Crippen LogP) is 2.32. The third kappa shape index (κ3) is 2.44. The maximum atomic E-state index is 11.4. The fourth-order valence-electron chi connectivity index (χ4n) is 1.97. The maximum Gasteiger partial charge on any atom is 0.248 e. The average Bonchev–Trinajstić information content (AvgIpc) is 2.31. The van der Waals surface area contributed by atoms with Crippen LogP contribution in [-0.4, -0.2) is 18.7 Å². The summed E-state index contributed by atoms with van der Waals surface area (Å²) in [6, 6.07) is 0. The Hall–Kier alpha value is -1.90. The number of aliphatic imine (C=N–C) groups is 1. The zero-order chi connectivity index (χ0) is 13.0. The van der Waals surface area contributed by atoms with Crippen LogP contribution in [-0.2, 0) is 4.79 Å². The van der Waals surface area contributed by atoms with Gasteiger partial charge in [0.2, 0.25) is 5.91 Å². The molecule has 0 aliphatic heterocycles. The van der Waals surface area contributed by atoms with Crippen LogP contribution in [0.25, 0.3) is 0 Å². The molecule has 0 fully saturated rings. The Kier molecular flexibility index (Phi) is 4.21. The van der Waals surface area contributed by atoms with E-state index >= 15 is 0 Å². The van der Waals surface area contributed by atoms with Crippen molar-refractivity contribution >= 4 is 11.6 Å². The van der Waals surface area contributed by atoms with E-state index in [1.54, 1.807) is 13.1 Å². The molecule has 3 heteroatoms. The van der Waals surface area contributed by atoms with Crippen LogP contribution in [0.4, 0.5) is 0 Å². The van der Waals surface area contributed by atoms with E-state index in [1.807, 2.05) is 39.0 Å². The number of hydrogen-bond acceptors (Lipinski definition) is 2. The van der Waals surface area contributed by atoms with Gasteiger partial charge < -0.3 is 5.73 Å². The van der Waals surface area contributed by atoms with E-state index in [1.165, 1.54) is 0 Å². The molecular weight excluding hydrogens is 212 g/mol. The Morgan fingerprint density at radius 1 is 1.35 bits per heavy atom. The minimum Gasteiger partial charge on any atom is -0.366 e. The minimum absolute atomic E-state index is 0.411. The second kappa shape index (κ2) is 5.43. The molecule has 1 aliphatic rings. The van der Waals surface area contributed by atoms with Crippen LogP contribution in [0.5, 0.6) is 0 Å². The first-order chi connectivity index (χ1) is 8.06. The molecule has 1 aliphatic carbocycles. The first-order valence-electron chi connectivity index (χ1n) is 5.56. The predicted molar refractivity (Wildman–Crippen MR) is 71.9 cm³/mol. The molecule has 90 valence electrons. The quantitative estimate of drug-likeness (QED) is 0.727. The molecule has 0 bridgehead atoms. The van der Waals surface area contributed by atoms with Crippen molar-refractivity contribution in [3.63, 3.8) is 0 Å². The highest BCUT2D eigenvalue weighted by Gasteiger charge is 2.18. The lowest BCUT2D eigenvalue weighted by Gasteiger charge is -2.17. The normalized spacial score (nSPS) is 21.5. The van der Waals surface area contributed by atoms with Crippen molar-refractivity contribution in [1.82, 2.24) is 0 Å². The van der Waals surface area contributed by atoms with E-state index < -0.39 is 5.91 Å². The summed E-state index contributed by atoms with van der Waals surface area (Å²) >= 11 is 0. The van der Waals surface area contributed by atoms with E-state index in [9.17, 15) is 4.79 Å². The first kappa shape index (κ1) is 13.2. The number of hydrogen-bond donors (Lipinski definition) is 1. The van der Waals surface area contributed by atoms with Gasteiger partial charge in [0.05, 0.1) is 5.71 Å². The lowest BCUT2D eigenvalue weighted by molar-refractivity contribution is -0.114. The Bertz CT molecular complexity index is 488. The summed E-state index contributed by atoms with van der Waals surface area (Å²) in [7, 11) is 1.75. The molecular formula is C14H18N2O. The smallest absolute Gasteiger partial charge is 0.248 e. The molecule has 2 N–H and O–H groups in total. The Morgan fingerprint density at radius 2 is 2.00 bits per heavy atom. The second-order valence-electron chi connectivity index (χ2n) is 3.75. The lowest BCUT2D eigenvalue weighted by atomic mass is 9.88. The maximum absolute atomic E-state index is 11.4. The second-order valence-corrected chi connectivity index (χ2v) is 3.75. The van der Waals surface area contributed by atoms with Crippen molar-refractivity contribution in [3.8, 4) is 0 Å². The molecule has 0 atom stereocenters. The van der Waals surface area contributed by atoms with Crippen LogP contribution in [0.3, 0.4) is 0 Å². The summed E-state index contributed by atoms with van der Waals surface area (Å²) in [4.78, 5) is 15.6. The standard InChI is InChI=1S/C14H18N2O/c1-5-10-7-8-12(9(3)13(10)16-4)11(6-2)14(15)17/h5-8H,1-4H3,(H2,15,17)/b10-5-,11-6+,16-13?. The van der Waals surface area contributed by atoms with Gasteiger partial charge in [0.1, 0.15) is 0 Å². The highest BCUT2D eigenvalue weighted by atomic mass is 16.1. The van der Waals surface area contributed by atoms with Crippen LogP contribution >= 0.6 is 0 Å². The zero-order valence-electron chi connectivity index (χ0n) is 10.7. The van der Waals surface area contributed by atoms with Gasteiger partial charge >= 0.3 is 0 Å². The highest BCUT2D eigenvalue weighted by Crippen LogP contribution is 2.25. The number of carbonyl (C=O) groups excluding carboxylic acids is 1. The summed E-state index contributed by atoms with van der Waals surface area (Å²) in [6.07, 6.45) is 7.61. The van der Waals surface area contributed by atoms with Crippen molar-refractivity contribution in [2.75, 3.05) is 7.05 Å². The van der Waals surface area contributed by atoms with Crippen molar-refractivity contribution < 1.29 is 4.79 Å². The van der Waals surface area contributed by atoms with Gasteiger partial charge in [-0.05, 0) is 37.5 Å². The van der Waals surface area contributed by atoms with Gasteiger partial charge in [-0.3, -0.25) is 9.79 Å². The number of nitrogens with two attached hydrogens (primary N) is 1. The third-order valence-electron chi connectivity index (χ3n) is 2.84. The van der Waals surface area contributed by atoms with Crippen LogP contribution in [0.2, 0.25) is 0 Å². The molecule has 0 saturated carbocycles. The molecule has 0 aromatic carbocycles. The van der Waals surface area contributed by atoms with Gasteiger partial charge in [0.25, 0.3) is 0 Å². The molecule has 0 heterocycles.